The second-order valence-corrected chi connectivity index (χ2v) is 10.3. The highest BCUT2D eigenvalue weighted by Gasteiger charge is 2.34. The van der Waals surface area contributed by atoms with E-state index in [1.54, 1.807) is 53.1 Å². The SMILES string of the molecule is COc1ccc(NC(=O)[C@H](c2ccc3c(c2)OCO3)N(Cc2ccc(C)cc2)C(=O)Cn2nnc3ccccc32)c(OC)c1. The number of para-hydroxylation sites is 1. The molecule has 0 aliphatic carbocycles. The molecule has 0 fully saturated rings. The van der Waals surface area contributed by atoms with Gasteiger partial charge in [-0.3, -0.25) is 9.59 Å². The van der Waals surface area contributed by atoms with Crippen LogP contribution >= 0.6 is 0 Å². The minimum Gasteiger partial charge on any atom is -0.497 e. The number of rotatable bonds is 10. The van der Waals surface area contributed by atoms with Gasteiger partial charge in [-0.1, -0.05) is 53.2 Å². The molecule has 0 radical (unpaired) electrons. The van der Waals surface area contributed by atoms with E-state index >= 15 is 0 Å². The highest BCUT2D eigenvalue weighted by Crippen LogP contribution is 2.37. The maximum Gasteiger partial charge on any atom is 0.251 e. The lowest BCUT2D eigenvalue weighted by atomic mass is 10.0. The molecule has 0 bridgehead atoms. The number of hydrogen-bond donors (Lipinski definition) is 1. The topological polar surface area (TPSA) is 117 Å². The summed E-state index contributed by atoms with van der Waals surface area (Å²) in [4.78, 5) is 30.2. The lowest BCUT2D eigenvalue weighted by molar-refractivity contribution is -0.140. The smallest absolute Gasteiger partial charge is 0.251 e. The van der Waals surface area contributed by atoms with Gasteiger partial charge in [0.2, 0.25) is 12.7 Å². The van der Waals surface area contributed by atoms with Gasteiger partial charge in [-0.2, -0.15) is 0 Å². The highest BCUT2D eigenvalue weighted by atomic mass is 16.7. The molecule has 224 valence electrons. The maximum absolute atomic E-state index is 14.3. The predicted molar refractivity (Wildman–Crippen MR) is 163 cm³/mol. The Balaban J connectivity index is 1.42. The molecule has 1 aliphatic rings. The van der Waals surface area contributed by atoms with E-state index in [2.05, 4.69) is 15.6 Å². The van der Waals surface area contributed by atoms with Gasteiger partial charge in [0.05, 0.1) is 25.4 Å². The minimum absolute atomic E-state index is 0.0735. The molecule has 1 aromatic heterocycles. The van der Waals surface area contributed by atoms with E-state index in [9.17, 15) is 9.59 Å². The van der Waals surface area contributed by atoms with E-state index < -0.39 is 11.9 Å². The Morgan fingerprint density at radius 3 is 2.55 bits per heavy atom. The van der Waals surface area contributed by atoms with Gasteiger partial charge >= 0.3 is 0 Å². The summed E-state index contributed by atoms with van der Waals surface area (Å²) in [5, 5.41) is 11.4. The molecule has 6 rings (SSSR count). The van der Waals surface area contributed by atoms with Crippen molar-refractivity contribution in [2.24, 2.45) is 0 Å². The summed E-state index contributed by atoms with van der Waals surface area (Å²) in [7, 11) is 3.06. The lowest BCUT2D eigenvalue weighted by Gasteiger charge is -2.32. The van der Waals surface area contributed by atoms with E-state index in [4.69, 9.17) is 18.9 Å². The van der Waals surface area contributed by atoms with Crippen LogP contribution in [0.1, 0.15) is 22.7 Å². The van der Waals surface area contributed by atoms with Gasteiger partial charge in [0, 0.05) is 12.6 Å². The number of carbonyl (C=O) groups excluding carboxylic acids is 2. The number of fused-ring (bicyclic) bond motifs is 2. The van der Waals surface area contributed by atoms with Gasteiger partial charge in [-0.15, -0.1) is 5.10 Å². The standard InChI is InChI=1S/C33H31N5O6/c1-21-8-10-22(11-9-21)18-37(31(39)19-38-27-7-5-4-6-25(27)35-36-38)32(23-12-15-28-30(16-23)44-20-43-28)33(40)34-26-14-13-24(41-2)17-29(26)42-3/h4-17,32H,18-20H2,1-3H3,(H,34,40)/t32-/m0/s1. The fraction of sp³-hybridized carbons (Fsp3) is 0.212. The first-order chi connectivity index (χ1) is 21.4. The van der Waals surface area contributed by atoms with Crippen LogP contribution in [0.2, 0.25) is 0 Å². The molecule has 0 spiro atoms. The number of ether oxygens (including phenoxy) is 4. The number of anilines is 1. The molecule has 5 aromatic rings. The maximum atomic E-state index is 14.3. The Morgan fingerprint density at radius 2 is 1.75 bits per heavy atom. The third kappa shape index (κ3) is 5.84. The molecule has 11 heteroatoms. The summed E-state index contributed by atoms with van der Waals surface area (Å²) in [6.07, 6.45) is 0. The number of nitrogens with zero attached hydrogens (tertiary/aromatic N) is 4. The van der Waals surface area contributed by atoms with Crippen LogP contribution in [0.5, 0.6) is 23.0 Å². The van der Waals surface area contributed by atoms with Gasteiger partial charge in [0.25, 0.3) is 5.91 Å². The molecule has 44 heavy (non-hydrogen) atoms. The van der Waals surface area contributed by atoms with Crippen LogP contribution in [0.4, 0.5) is 5.69 Å². The van der Waals surface area contributed by atoms with Crippen LogP contribution in [0.25, 0.3) is 11.0 Å². The molecule has 1 N–H and O–H groups in total. The van der Waals surface area contributed by atoms with Crippen molar-refractivity contribution in [3.8, 4) is 23.0 Å². The van der Waals surface area contributed by atoms with Crippen LogP contribution in [0, 0.1) is 6.92 Å². The van der Waals surface area contributed by atoms with E-state index in [0.717, 1.165) is 11.1 Å². The van der Waals surface area contributed by atoms with Crippen LogP contribution in [0.3, 0.4) is 0 Å². The summed E-state index contributed by atoms with van der Waals surface area (Å²) in [5.41, 5.74) is 4.28. The molecule has 0 saturated heterocycles. The van der Waals surface area contributed by atoms with E-state index in [1.165, 1.54) is 7.11 Å². The number of methoxy groups -OCH3 is 2. The Labute approximate surface area is 253 Å². The van der Waals surface area contributed by atoms with Crippen LogP contribution in [-0.4, -0.2) is 52.7 Å². The summed E-state index contributed by atoms with van der Waals surface area (Å²) < 4.78 is 23.5. The normalized spacial score (nSPS) is 12.5. The van der Waals surface area contributed by atoms with Crippen molar-refractivity contribution in [3.63, 3.8) is 0 Å². The summed E-state index contributed by atoms with van der Waals surface area (Å²) in [6.45, 7) is 2.09. The van der Waals surface area contributed by atoms with Crippen LogP contribution < -0.4 is 24.3 Å². The number of carbonyl (C=O) groups is 2. The number of hydrogen-bond acceptors (Lipinski definition) is 8. The van der Waals surface area contributed by atoms with E-state index in [-0.39, 0.29) is 25.8 Å². The number of aromatic nitrogens is 3. The third-order valence-electron chi connectivity index (χ3n) is 7.44. The summed E-state index contributed by atoms with van der Waals surface area (Å²) in [5.74, 6) is 1.26. The van der Waals surface area contributed by atoms with Gasteiger partial charge < -0.3 is 29.2 Å². The first kappa shape index (κ1) is 28.5. The Hall–Kier alpha value is -5.58. The van der Waals surface area contributed by atoms with Crippen molar-refractivity contribution in [1.29, 1.82) is 0 Å². The molecule has 2 heterocycles. The molecule has 11 nitrogen and oxygen atoms in total. The average molecular weight is 594 g/mol. The van der Waals surface area contributed by atoms with Crippen molar-refractivity contribution in [3.05, 3.63) is 102 Å². The number of amides is 2. The van der Waals surface area contributed by atoms with Crippen LogP contribution in [0.15, 0.2) is 84.9 Å². The molecule has 1 atom stereocenters. The zero-order chi connectivity index (χ0) is 30.6. The Kier molecular flexibility index (Phi) is 8.00. The second-order valence-electron chi connectivity index (χ2n) is 10.3. The fourth-order valence-electron chi connectivity index (χ4n) is 5.13. The molecular weight excluding hydrogens is 562 g/mol. The quantitative estimate of drug-likeness (QED) is 0.243. The Bertz CT molecular complexity index is 1820. The molecule has 1 aliphatic heterocycles. The number of benzene rings is 4. The number of nitrogens with one attached hydrogen (secondary N) is 1. The average Bonchev–Trinajstić information content (AvgIpc) is 3.68. The van der Waals surface area contributed by atoms with Crippen molar-refractivity contribution < 1.29 is 28.5 Å². The highest BCUT2D eigenvalue weighted by molar-refractivity contribution is 5.99. The van der Waals surface area contributed by atoms with Crippen molar-refractivity contribution in [2.75, 3.05) is 26.3 Å². The number of aryl methyl sites for hydroxylation is 1. The van der Waals surface area contributed by atoms with Crippen molar-refractivity contribution >= 4 is 28.5 Å². The van der Waals surface area contributed by atoms with Crippen LogP contribution in [-0.2, 0) is 22.7 Å². The molecule has 4 aromatic carbocycles. The summed E-state index contributed by atoms with van der Waals surface area (Å²) in [6, 6.07) is 24.5. The van der Waals surface area contributed by atoms with E-state index in [1.807, 2.05) is 55.5 Å². The van der Waals surface area contributed by atoms with Crippen molar-refractivity contribution in [1.82, 2.24) is 19.9 Å². The molecule has 2 amide bonds. The third-order valence-corrected chi connectivity index (χ3v) is 7.44. The zero-order valence-corrected chi connectivity index (χ0v) is 24.5. The largest absolute Gasteiger partial charge is 0.497 e. The van der Waals surface area contributed by atoms with E-state index in [0.29, 0.717) is 45.3 Å². The zero-order valence-electron chi connectivity index (χ0n) is 24.5. The molecule has 0 saturated carbocycles. The molecule has 0 unspecified atom stereocenters. The summed E-state index contributed by atoms with van der Waals surface area (Å²) >= 11 is 0. The second kappa shape index (κ2) is 12.3. The fourth-order valence-corrected chi connectivity index (χ4v) is 5.13. The monoisotopic (exact) mass is 593 g/mol. The van der Waals surface area contributed by atoms with Gasteiger partial charge in [0.15, 0.2) is 11.5 Å². The van der Waals surface area contributed by atoms with Gasteiger partial charge in [-0.05, 0) is 54.4 Å². The first-order valence-corrected chi connectivity index (χ1v) is 14.0. The van der Waals surface area contributed by atoms with Gasteiger partial charge in [0.1, 0.15) is 29.6 Å². The minimum atomic E-state index is -1.07. The van der Waals surface area contributed by atoms with Crippen molar-refractivity contribution in [2.45, 2.75) is 26.1 Å². The van der Waals surface area contributed by atoms with Gasteiger partial charge in [-0.25, -0.2) is 4.68 Å². The first-order valence-electron chi connectivity index (χ1n) is 14.0. The molecular formula is C33H31N5O6. The Morgan fingerprint density at radius 1 is 0.955 bits per heavy atom. The predicted octanol–water partition coefficient (Wildman–Crippen LogP) is 4.89. The lowest BCUT2D eigenvalue weighted by Crippen LogP contribution is -2.42.